The molecule has 0 spiro atoms. The van der Waals surface area contributed by atoms with Crippen LogP contribution in [0, 0.1) is 0 Å². The van der Waals surface area contributed by atoms with Gasteiger partial charge in [-0.1, -0.05) is 44.2 Å². The summed E-state index contributed by atoms with van der Waals surface area (Å²) in [7, 11) is -14.3. The number of likely N-dealkylation sites (N-methyl/N-ethyl adjacent to an activating group) is 1. The lowest BCUT2D eigenvalue weighted by Gasteiger charge is -2.26. The molecule has 0 saturated heterocycles. The Morgan fingerprint density at radius 2 is 1.27 bits per heavy atom. The number of hydrogen-bond donors (Lipinski definition) is 5. The van der Waals surface area contributed by atoms with Crippen molar-refractivity contribution in [2.45, 2.75) is 103 Å². The Bertz CT molecular complexity index is 5340. The van der Waals surface area contributed by atoms with Crippen LogP contribution in [0.3, 0.4) is 0 Å². The molecule has 0 bridgehead atoms. The lowest BCUT2D eigenvalue weighted by Crippen LogP contribution is -2.29. The SMILES string of the molecule is CCN1/C(=C/C=C/C=C/C2=[N+](CCCCCC(=O)NCCOCCOCCOCCOc3cc(CC4=C(c5ccc6c(c5)OCO6)C(=O)OC4(O)c4ccc(OC)cc4)cc(OC)c3OC)c3ccc4c(S(=O)(=O)O)cc(S(C)(=O)=O)cc4c3C2(C)C)C(C)(C)c2c1ccc1c(S(=O)(=O)O)cc(S(=O)(=O)O)cc21. The zero-order chi connectivity index (χ0) is 77.9. The zero-order valence-electron chi connectivity index (χ0n) is 61.0. The quantitative estimate of drug-likeness (QED) is 0.00822. The van der Waals surface area contributed by atoms with E-state index < -0.39 is 77.5 Å². The number of cyclic esters (lactones) is 1. The van der Waals surface area contributed by atoms with Crippen molar-refractivity contribution in [3.05, 3.63) is 173 Å². The van der Waals surface area contributed by atoms with Crippen LogP contribution in [0.1, 0.15) is 88.1 Å². The molecule has 5 N–H and O–H groups in total. The van der Waals surface area contributed by atoms with Crippen LogP contribution < -0.4 is 38.6 Å². The first kappa shape index (κ1) is 79.8. The fourth-order valence-corrected chi connectivity index (χ4v) is 17.2. The van der Waals surface area contributed by atoms with Crippen molar-refractivity contribution in [2.75, 3.05) is 105 Å². The summed E-state index contributed by atoms with van der Waals surface area (Å²) in [4.78, 5) is 26.6. The number of ether oxygens (including phenoxy) is 10. The molecule has 0 aromatic heterocycles. The molecule has 4 aliphatic rings. The Labute approximate surface area is 627 Å². The van der Waals surface area contributed by atoms with Crippen LogP contribution in [0.5, 0.6) is 34.5 Å². The second-order valence-electron chi connectivity index (χ2n) is 27.0. The number of nitrogens with zero attached hydrogens (tertiary/aromatic N) is 2. The summed E-state index contributed by atoms with van der Waals surface area (Å²) in [6, 6.07) is 25.9. The van der Waals surface area contributed by atoms with Gasteiger partial charge < -0.3 is 62.7 Å². The topological polar surface area (TPSA) is 362 Å². The number of carbonyl (C=O) groups excluding carboxylic acids is 2. The molecule has 4 aliphatic heterocycles. The number of carbonyl (C=O) groups is 2. The second-order valence-corrected chi connectivity index (χ2v) is 33.2. The highest BCUT2D eigenvalue weighted by Gasteiger charge is 2.50. The van der Waals surface area contributed by atoms with Crippen LogP contribution in [0.4, 0.5) is 11.4 Å². The van der Waals surface area contributed by atoms with E-state index in [2.05, 4.69) is 9.89 Å². The summed E-state index contributed by atoms with van der Waals surface area (Å²) in [5, 5.41) is 16.0. The van der Waals surface area contributed by atoms with E-state index >= 15 is 0 Å². The molecular formula is C77H86N3O24S4+. The van der Waals surface area contributed by atoms with Crippen molar-refractivity contribution in [3.8, 4) is 34.5 Å². The van der Waals surface area contributed by atoms with Gasteiger partial charge in [-0.2, -0.15) is 29.8 Å². The van der Waals surface area contributed by atoms with E-state index in [1.54, 1.807) is 78.9 Å². The number of rotatable bonds is 34. The summed E-state index contributed by atoms with van der Waals surface area (Å²) in [5.41, 5.74) is 4.04. The average Bonchev–Trinajstić information content (AvgIpc) is 1.54. The smallest absolute Gasteiger partial charge is 0.342 e. The lowest BCUT2D eigenvalue weighted by atomic mass is 9.79. The molecule has 4 heterocycles. The molecular weight excluding hydrogens is 1480 g/mol. The van der Waals surface area contributed by atoms with E-state index in [0.717, 1.165) is 29.8 Å². The molecule has 0 aliphatic carbocycles. The van der Waals surface area contributed by atoms with Gasteiger partial charge in [-0.3, -0.25) is 18.5 Å². The second kappa shape index (κ2) is 32.1. The number of unbranched alkanes of at least 4 members (excludes halogenated alkanes) is 2. The van der Waals surface area contributed by atoms with E-state index in [1.807, 2.05) is 63.8 Å². The number of benzene rings is 7. The molecule has 7 aromatic carbocycles. The van der Waals surface area contributed by atoms with Crippen molar-refractivity contribution in [3.63, 3.8) is 0 Å². The summed E-state index contributed by atoms with van der Waals surface area (Å²) < 4.78 is 192. The number of methoxy groups -OCH3 is 3. The van der Waals surface area contributed by atoms with Gasteiger partial charge in [-0.15, -0.1) is 0 Å². The molecule has 1 amide bonds. The van der Waals surface area contributed by atoms with Gasteiger partial charge in [0.2, 0.25) is 24.1 Å². The van der Waals surface area contributed by atoms with Gasteiger partial charge in [0.1, 0.15) is 28.7 Å². The first-order valence-electron chi connectivity index (χ1n) is 34.6. The first-order chi connectivity index (χ1) is 51.1. The van der Waals surface area contributed by atoms with Crippen molar-refractivity contribution in [1.82, 2.24) is 5.32 Å². The molecule has 27 nitrogen and oxygen atoms in total. The lowest BCUT2D eigenvalue weighted by molar-refractivity contribution is -0.438. The van der Waals surface area contributed by atoms with Crippen LogP contribution in [0.2, 0.25) is 0 Å². The highest BCUT2D eigenvalue weighted by atomic mass is 32.2. The number of hydrogen-bond acceptors (Lipinski definition) is 22. The van der Waals surface area contributed by atoms with Crippen LogP contribution >= 0.6 is 0 Å². The maximum absolute atomic E-state index is 13.8. The van der Waals surface area contributed by atoms with Gasteiger partial charge in [0.15, 0.2) is 38.5 Å². The average molecular weight is 1570 g/mol. The molecule has 0 fully saturated rings. The summed E-state index contributed by atoms with van der Waals surface area (Å²) in [6.07, 6.45) is 12.2. The minimum absolute atomic E-state index is 0.00942. The molecule has 0 saturated carbocycles. The van der Waals surface area contributed by atoms with Crippen molar-refractivity contribution >= 4 is 96.3 Å². The number of esters is 1. The molecule has 1 unspecified atom stereocenters. The maximum Gasteiger partial charge on any atom is 0.342 e. The molecule has 7 aromatic rings. The normalized spacial score (nSPS) is 17.2. The van der Waals surface area contributed by atoms with Crippen LogP contribution in [-0.2, 0) is 91.8 Å². The summed E-state index contributed by atoms with van der Waals surface area (Å²) in [5.74, 6) is -0.588. The Kier molecular flexibility index (Phi) is 23.7. The largest absolute Gasteiger partial charge is 0.497 e. The molecule has 31 heteroatoms. The number of fused-ring (bicyclic) bond motifs is 7. The van der Waals surface area contributed by atoms with Crippen LogP contribution in [0.15, 0.2) is 164 Å². The molecule has 576 valence electrons. The predicted octanol–water partition coefficient (Wildman–Crippen LogP) is 10.3. The van der Waals surface area contributed by atoms with Gasteiger partial charge in [-0.05, 0) is 152 Å². The zero-order valence-corrected chi connectivity index (χ0v) is 64.3. The number of allylic oxidation sites excluding steroid dienone is 6. The van der Waals surface area contributed by atoms with Gasteiger partial charge in [0.05, 0.1) is 81.7 Å². The number of aliphatic hydroxyl groups is 1. The number of amides is 1. The standard InChI is InChI=1S/C77H85N3O24S4/c1-10-79-59-27-25-55-57(44-53(106(86,87)88)46-66(55)108(92,93)94)71(59)75(2,3)67(79)17-13-11-14-18-68-76(4,5)72-56-43-52(105(9,84)85)45-65(107(89,90)91)54(56)26-28-60(72)80(68)31-16-12-15-19-69(81)78-30-32-98-33-34-99-35-36-100-37-38-101-64-41-48(40-63(96-7)73(64)97-8)39-58-70(49-20-29-61-62(42-49)103-47-102-61)74(82)104-77(58,83)50-21-23-51(95-6)24-22-50/h11,13-14,17-18,20-29,40-46,83H,10,12,15-16,19,30-39,47H2,1-9H3,(H3-,78,81,86,87,88,89,90,91,92,93,94)/p+1. The van der Waals surface area contributed by atoms with Crippen molar-refractivity contribution in [1.29, 1.82) is 0 Å². The summed E-state index contributed by atoms with van der Waals surface area (Å²) in [6.45, 7) is 12.3. The Morgan fingerprint density at radius 3 is 1.91 bits per heavy atom. The third kappa shape index (κ3) is 16.7. The Balaban J connectivity index is 0.666. The van der Waals surface area contributed by atoms with E-state index in [-0.39, 0.29) is 111 Å². The van der Waals surface area contributed by atoms with E-state index in [9.17, 15) is 62.0 Å². The Hall–Kier alpha value is -9.25. The fraction of sp³-hybridized carbons (Fsp3) is 0.364. The maximum atomic E-state index is 13.8. The van der Waals surface area contributed by atoms with Crippen LogP contribution in [0.25, 0.3) is 27.1 Å². The van der Waals surface area contributed by atoms with Crippen LogP contribution in [-0.4, -0.2) is 175 Å². The number of nitrogens with one attached hydrogen (secondary N) is 1. The molecule has 1 atom stereocenters. The third-order valence-corrected chi connectivity index (χ3v) is 23.1. The monoisotopic (exact) mass is 1560 g/mol. The molecule has 11 rings (SSSR count). The van der Waals surface area contributed by atoms with E-state index in [0.29, 0.717) is 111 Å². The van der Waals surface area contributed by atoms with E-state index in [4.69, 9.17) is 47.4 Å². The highest BCUT2D eigenvalue weighted by molar-refractivity contribution is 7.91. The minimum atomic E-state index is -4.95. The van der Waals surface area contributed by atoms with E-state index in [1.165, 1.54) is 39.5 Å². The number of anilines is 1. The highest BCUT2D eigenvalue weighted by Crippen LogP contribution is 2.53. The molecule has 0 radical (unpaired) electrons. The Morgan fingerprint density at radius 1 is 0.639 bits per heavy atom. The van der Waals surface area contributed by atoms with Gasteiger partial charge in [0.25, 0.3) is 36.1 Å². The van der Waals surface area contributed by atoms with Gasteiger partial charge in [0, 0.05) is 95.0 Å². The van der Waals surface area contributed by atoms with Gasteiger partial charge >= 0.3 is 5.97 Å². The van der Waals surface area contributed by atoms with Crippen molar-refractivity contribution < 1.29 is 114 Å². The first-order valence-corrected chi connectivity index (χ1v) is 40.8. The minimum Gasteiger partial charge on any atom is -0.497 e. The molecule has 108 heavy (non-hydrogen) atoms. The van der Waals surface area contributed by atoms with Gasteiger partial charge in [-0.25, -0.2) is 13.2 Å². The van der Waals surface area contributed by atoms with Crippen molar-refractivity contribution in [2.24, 2.45) is 0 Å². The predicted molar refractivity (Wildman–Crippen MR) is 401 cm³/mol. The summed E-state index contributed by atoms with van der Waals surface area (Å²) >= 11 is 0. The third-order valence-electron chi connectivity index (χ3n) is 19.4. The number of sulfone groups is 1. The fourth-order valence-electron chi connectivity index (χ4n) is 14.4.